The summed E-state index contributed by atoms with van der Waals surface area (Å²) in [5.41, 5.74) is 0. The van der Waals surface area contributed by atoms with Crippen molar-refractivity contribution in [1.82, 2.24) is 9.55 Å². The van der Waals surface area contributed by atoms with Gasteiger partial charge in [-0.3, -0.25) is 9.36 Å². The molecule has 0 radical (unpaired) electrons. The Balaban J connectivity index is 2.15. The summed E-state index contributed by atoms with van der Waals surface area (Å²) in [6.07, 6.45) is 3.02. The Morgan fingerprint density at radius 1 is 1.45 bits per heavy atom. The average molecular weight is 343 g/mol. The number of aromatic nitrogens is 2. The molecule has 1 aromatic carbocycles. The zero-order valence-electron chi connectivity index (χ0n) is 11.2. The number of rotatable bonds is 3. The highest BCUT2D eigenvalue weighted by molar-refractivity contribution is 7.21. The second-order valence-corrected chi connectivity index (χ2v) is 5.83. The molecule has 0 aliphatic carbocycles. The molecule has 0 atom stereocenters. The number of alkyl halides is 2. The summed E-state index contributed by atoms with van der Waals surface area (Å²) in [5.74, 6) is 0.113. The largest absolute Gasteiger partial charge is 0.434 e. The fourth-order valence-electron chi connectivity index (χ4n) is 2.11. The van der Waals surface area contributed by atoms with Crippen molar-refractivity contribution in [2.45, 2.75) is 13.5 Å². The highest BCUT2D eigenvalue weighted by Crippen LogP contribution is 2.41. The summed E-state index contributed by atoms with van der Waals surface area (Å²) in [5, 5.41) is 0.421. The van der Waals surface area contributed by atoms with Crippen molar-refractivity contribution in [2.24, 2.45) is 0 Å². The van der Waals surface area contributed by atoms with Gasteiger partial charge in [0.25, 0.3) is 5.91 Å². The predicted molar refractivity (Wildman–Crippen MR) is 80.2 cm³/mol. The molecule has 0 aliphatic rings. The molecule has 4 nitrogen and oxygen atoms in total. The van der Waals surface area contributed by atoms with Crippen LogP contribution >= 0.6 is 22.9 Å². The van der Waals surface area contributed by atoms with Crippen LogP contribution < -0.4 is 4.74 Å². The smallest absolute Gasteiger partial charge is 0.387 e. The maximum atomic E-state index is 12.5. The summed E-state index contributed by atoms with van der Waals surface area (Å²) < 4.78 is 31.4. The second-order valence-electron chi connectivity index (χ2n) is 4.40. The van der Waals surface area contributed by atoms with E-state index in [0.717, 1.165) is 11.3 Å². The maximum Gasteiger partial charge on any atom is 0.387 e. The van der Waals surface area contributed by atoms with Gasteiger partial charge >= 0.3 is 6.61 Å². The molecule has 8 heteroatoms. The highest BCUT2D eigenvalue weighted by atomic mass is 35.5. The minimum atomic E-state index is -2.96. The molecule has 0 unspecified atom stereocenters. The van der Waals surface area contributed by atoms with Crippen LogP contribution in [-0.2, 0) is 0 Å². The van der Waals surface area contributed by atoms with E-state index >= 15 is 0 Å². The molecule has 22 heavy (non-hydrogen) atoms. The van der Waals surface area contributed by atoms with Gasteiger partial charge in [-0.15, -0.1) is 11.3 Å². The van der Waals surface area contributed by atoms with Crippen LogP contribution in [0, 0.1) is 6.92 Å². The van der Waals surface area contributed by atoms with Crippen LogP contribution in [0.3, 0.4) is 0 Å². The van der Waals surface area contributed by atoms with Gasteiger partial charge in [0.2, 0.25) is 0 Å². The fourth-order valence-corrected chi connectivity index (χ4v) is 3.61. The van der Waals surface area contributed by atoms with Gasteiger partial charge < -0.3 is 4.74 Å². The van der Waals surface area contributed by atoms with Crippen LogP contribution in [0.5, 0.6) is 5.75 Å². The number of hydrogen-bond acceptors (Lipinski definition) is 4. The van der Waals surface area contributed by atoms with Gasteiger partial charge in [0.15, 0.2) is 0 Å². The Bertz CT molecular complexity index is 860. The lowest BCUT2D eigenvalue weighted by molar-refractivity contribution is -0.0487. The minimum Gasteiger partial charge on any atom is -0.434 e. The van der Waals surface area contributed by atoms with Crippen LogP contribution in [-0.4, -0.2) is 22.1 Å². The molecule has 0 saturated carbocycles. The van der Waals surface area contributed by atoms with E-state index in [1.165, 1.54) is 23.0 Å². The van der Waals surface area contributed by atoms with Gasteiger partial charge in [-0.25, -0.2) is 4.98 Å². The highest BCUT2D eigenvalue weighted by Gasteiger charge is 2.22. The number of nitrogens with zero attached hydrogens (tertiary/aromatic N) is 2. The molecule has 0 saturated heterocycles. The Kier molecular flexibility index (Phi) is 3.84. The number of thiophene rings is 1. The number of fused-ring (bicyclic) bond motifs is 1. The molecule has 0 bridgehead atoms. The summed E-state index contributed by atoms with van der Waals surface area (Å²) in [4.78, 5) is 16.7. The Morgan fingerprint density at radius 2 is 2.23 bits per heavy atom. The van der Waals surface area contributed by atoms with Crippen molar-refractivity contribution in [3.8, 4) is 5.75 Å². The number of aryl methyl sites for hydroxylation is 1. The van der Waals surface area contributed by atoms with Crippen LogP contribution in [0.4, 0.5) is 8.78 Å². The Hall–Kier alpha value is -1.99. The van der Waals surface area contributed by atoms with Gasteiger partial charge in [0.05, 0.1) is 10.4 Å². The van der Waals surface area contributed by atoms with E-state index in [9.17, 15) is 13.6 Å². The zero-order chi connectivity index (χ0) is 15.9. The monoisotopic (exact) mass is 342 g/mol. The number of halogens is 3. The van der Waals surface area contributed by atoms with Crippen molar-refractivity contribution in [3.63, 3.8) is 0 Å². The van der Waals surface area contributed by atoms with Crippen LogP contribution in [0.25, 0.3) is 10.1 Å². The first-order valence-electron chi connectivity index (χ1n) is 6.19. The molecule has 2 heterocycles. The molecule has 0 aliphatic heterocycles. The average Bonchev–Trinajstić information content (AvgIpc) is 3.02. The first-order chi connectivity index (χ1) is 10.5. The summed E-state index contributed by atoms with van der Waals surface area (Å²) in [7, 11) is 0. The van der Waals surface area contributed by atoms with Gasteiger partial charge in [0.1, 0.15) is 16.5 Å². The summed E-state index contributed by atoms with van der Waals surface area (Å²) in [6, 6.07) is 4.66. The van der Waals surface area contributed by atoms with Crippen LogP contribution in [0.2, 0.25) is 5.02 Å². The normalized spacial score (nSPS) is 11.3. The lowest BCUT2D eigenvalue weighted by Crippen LogP contribution is -2.11. The summed E-state index contributed by atoms with van der Waals surface area (Å²) in [6.45, 7) is -1.28. The van der Waals surface area contributed by atoms with E-state index in [0.29, 0.717) is 15.9 Å². The second kappa shape index (κ2) is 5.66. The summed E-state index contributed by atoms with van der Waals surface area (Å²) >= 11 is 7.37. The predicted octanol–water partition coefficient (Wildman–Crippen LogP) is 4.35. The third kappa shape index (κ3) is 2.46. The fraction of sp³-hybridized carbons (Fsp3) is 0.143. The van der Waals surface area contributed by atoms with Gasteiger partial charge in [-0.2, -0.15) is 8.78 Å². The van der Waals surface area contributed by atoms with E-state index in [1.54, 1.807) is 19.1 Å². The molecule has 0 N–H and O–H groups in total. The third-order valence-electron chi connectivity index (χ3n) is 3.07. The number of hydrogen-bond donors (Lipinski definition) is 0. The molecule has 0 fully saturated rings. The molecule has 114 valence electrons. The number of ether oxygens (including phenoxy) is 1. The molecular weight excluding hydrogens is 334 g/mol. The number of carbonyl (C=O) groups is 1. The molecule has 3 rings (SSSR count). The van der Waals surface area contributed by atoms with E-state index in [1.807, 2.05) is 0 Å². The first-order valence-corrected chi connectivity index (χ1v) is 7.39. The minimum absolute atomic E-state index is 0.0462. The van der Waals surface area contributed by atoms with Crippen molar-refractivity contribution in [2.75, 3.05) is 0 Å². The molecule has 2 aromatic heterocycles. The number of carbonyl (C=O) groups excluding carboxylic acids is 1. The van der Waals surface area contributed by atoms with Gasteiger partial charge in [-0.1, -0.05) is 17.7 Å². The lowest BCUT2D eigenvalue weighted by Gasteiger charge is -2.06. The van der Waals surface area contributed by atoms with Crippen molar-refractivity contribution < 1.29 is 18.3 Å². The number of benzene rings is 1. The van der Waals surface area contributed by atoms with Gasteiger partial charge in [0, 0.05) is 17.1 Å². The van der Waals surface area contributed by atoms with Crippen molar-refractivity contribution >= 4 is 38.9 Å². The van der Waals surface area contributed by atoms with E-state index < -0.39 is 6.61 Å². The Morgan fingerprint density at radius 3 is 2.86 bits per heavy atom. The van der Waals surface area contributed by atoms with Crippen LogP contribution in [0.15, 0.2) is 30.6 Å². The van der Waals surface area contributed by atoms with Crippen molar-refractivity contribution in [3.05, 3.63) is 46.3 Å². The zero-order valence-corrected chi connectivity index (χ0v) is 12.8. The van der Waals surface area contributed by atoms with E-state index in [4.69, 9.17) is 11.6 Å². The molecule has 0 spiro atoms. The standard InChI is InChI=1S/C14H9ClF2N2O2S/c1-7-18-5-6-19(7)13(20)12-11(15)10-8(21-14(16)17)3-2-4-9(10)22-12/h2-6,14H,1H3. The molecule has 0 amide bonds. The molecule has 3 aromatic rings. The maximum absolute atomic E-state index is 12.5. The van der Waals surface area contributed by atoms with Crippen molar-refractivity contribution in [1.29, 1.82) is 0 Å². The van der Waals surface area contributed by atoms with E-state index in [2.05, 4.69) is 9.72 Å². The van der Waals surface area contributed by atoms with Crippen LogP contribution in [0.1, 0.15) is 15.5 Å². The topological polar surface area (TPSA) is 44.1 Å². The number of imidazole rings is 1. The Labute approximate surface area is 132 Å². The van der Waals surface area contributed by atoms with E-state index in [-0.39, 0.29) is 21.6 Å². The molecular formula is C14H9ClF2N2O2S. The first kappa shape index (κ1) is 14.9. The lowest BCUT2D eigenvalue weighted by atomic mass is 10.2. The quantitative estimate of drug-likeness (QED) is 0.710. The SMILES string of the molecule is Cc1nccn1C(=O)c1sc2cccc(OC(F)F)c2c1Cl. The third-order valence-corrected chi connectivity index (χ3v) is 4.71. The van der Waals surface area contributed by atoms with Gasteiger partial charge in [-0.05, 0) is 19.1 Å².